The minimum atomic E-state index is -0.237. The number of nitrogens with zero attached hydrogens (tertiary/aromatic N) is 2. The summed E-state index contributed by atoms with van der Waals surface area (Å²) >= 11 is 0. The van der Waals surface area contributed by atoms with Crippen molar-refractivity contribution in [1.29, 1.82) is 0 Å². The van der Waals surface area contributed by atoms with Crippen LogP contribution in [0.15, 0.2) is 35.4 Å². The van der Waals surface area contributed by atoms with E-state index in [-0.39, 0.29) is 5.69 Å². The molecule has 0 radical (unpaired) electrons. The molecule has 1 aromatic rings. The number of rotatable bonds is 3. The van der Waals surface area contributed by atoms with Crippen LogP contribution in [0, 0.1) is 0 Å². The van der Waals surface area contributed by atoms with Crippen molar-refractivity contribution in [3.8, 4) is 0 Å². The van der Waals surface area contributed by atoms with Crippen molar-refractivity contribution < 1.29 is 0 Å². The molecule has 0 unspecified atom stereocenters. The molecule has 1 aromatic heterocycles. The van der Waals surface area contributed by atoms with Crippen molar-refractivity contribution in [3.63, 3.8) is 0 Å². The molecular formula is C8H11N3O. The molecule has 4 heteroatoms. The third kappa shape index (κ3) is 2.32. The highest BCUT2D eigenvalue weighted by atomic mass is 16.1. The van der Waals surface area contributed by atoms with Crippen molar-refractivity contribution in [2.45, 2.75) is 6.54 Å². The van der Waals surface area contributed by atoms with Gasteiger partial charge in [0.1, 0.15) is 0 Å². The predicted octanol–water partition coefficient (Wildman–Crippen LogP) is -0.242. The van der Waals surface area contributed by atoms with Gasteiger partial charge in [0, 0.05) is 25.5 Å². The van der Waals surface area contributed by atoms with Crippen LogP contribution in [-0.2, 0) is 6.54 Å². The van der Waals surface area contributed by atoms with Crippen molar-refractivity contribution in [3.05, 3.63) is 41.1 Å². The fourth-order valence-electron chi connectivity index (χ4n) is 0.810. The molecule has 0 aliphatic heterocycles. The lowest BCUT2D eigenvalue weighted by atomic mass is 10.5. The smallest absolute Gasteiger partial charge is 0.327 e. The van der Waals surface area contributed by atoms with E-state index in [2.05, 4.69) is 4.98 Å². The summed E-state index contributed by atoms with van der Waals surface area (Å²) in [6, 6.07) is 1.72. The first kappa shape index (κ1) is 8.67. The number of allylic oxidation sites excluding steroid dienone is 1. The summed E-state index contributed by atoms with van der Waals surface area (Å²) in [6.07, 6.45) is 6.81. The Balaban J connectivity index is 2.70. The summed E-state index contributed by atoms with van der Waals surface area (Å²) in [6.45, 7) is 1.03. The highest BCUT2D eigenvalue weighted by Gasteiger charge is 1.89. The van der Waals surface area contributed by atoms with Crippen LogP contribution >= 0.6 is 0 Å². The molecule has 0 atom stereocenters. The number of hydrogen-bond donors (Lipinski definition) is 1. The van der Waals surface area contributed by atoms with Crippen molar-refractivity contribution in [2.24, 2.45) is 5.73 Å². The van der Waals surface area contributed by atoms with Crippen LogP contribution in [0.25, 0.3) is 0 Å². The zero-order valence-corrected chi connectivity index (χ0v) is 6.68. The molecular weight excluding hydrogens is 154 g/mol. The summed E-state index contributed by atoms with van der Waals surface area (Å²) in [7, 11) is 0. The van der Waals surface area contributed by atoms with Gasteiger partial charge < -0.3 is 5.73 Å². The van der Waals surface area contributed by atoms with Crippen LogP contribution in [0.5, 0.6) is 0 Å². The van der Waals surface area contributed by atoms with Crippen molar-refractivity contribution in [2.75, 3.05) is 6.54 Å². The van der Waals surface area contributed by atoms with E-state index in [0.29, 0.717) is 13.1 Å². The molecule has 0 spiro atoms. The first-order valence-electron chi connectivity index (χ1n) is 3.71. The van der Waals surface area contributed by atoms with Crippen LogP contribution < -0.4 is 11.4 Å². The van der Waals surface area contributed by atoms with Crippen molar-refractivity contribution >= 4 is 0 Å². The number of aromatic nitrogens is 2. The molecule has 0 saturated carbocycles. The summed E-state index contributed by atoms with van der Waals surface area (Å²) in [4.78, 5) is 14.6. The molecule has 0 aliphatic rings. The van der Waals surface area contributed by atoms with Crippen molar-refractivity contribution in [1.82, 2.24) is 9.55 Å². The highest BCUT2D eigenvalue weighted by Crippen LogP contribution is 1.80. The maximum absolute atomic E-state index is 11.0. The molecule has 1 rings (SSSR count). The maximum Gasteiger partial charge on any atom is 0.347 e. The van der Waals surface area contributed by atoms with E-state index in [1.807, 2.05) is 6.08 Å². The second-order valence-corrected chi connectivity index (χ2v) is 2.26. The first-order valence-corrected chi connectivity index (χ1v) is 3.71. The highest BCUT2D eigenvalue weighted by molar-refractivity contribution is 4.87. The summed E-state index contributed by atoms with van der Waals surface area (Å²) < 4.78 is 1.51. The van der Waals surface area contributed by atoms with Crippen LogP contribution in [0.1, 0.15) is 0 Å². The van der Waals surface area contributed by atoms with E-state index in [1.54, 1.807) is 18.3 Å². The Kier molecular flexibility index (Phi) is 3.22. The minimum Gasteiger partial charge on any atom is -0.327 e. The number of nitrogens with two attached hydrogens (primary N) is 1. The minimum absolute atomic E-state index is 0.237. The molecule has 1 heterocycles. The van der Waals surface area contributed by atoms with E-state index in [0.717, 1.165) is 0 Å². The second kappa shape index (κ2) is 4.46. The topological polar surface area (TPSA) is 60.9 Å². The molecule has 64 valence electrons. The third-order valence-electron chi connectivity index (χ3n) is 1.39. The van der Waals surface area contributed by atoms with Gasteiger partial charge in [0.05, 0.1) is 0 Å². The summed E-state index contributed by atoms with van der Waals surface area (Å²) in [5.41, 5.74) is 5.00. The van der Waals surface area contributed by atoms with Gasteiger partial charge in [-0.25, -0.2) is 9.78 Å². The van der Waals surface area contributed by atoms with Crippen LogP contribution in [0.4, 0.5) is 0 Å². The van der Waals surface area contributed by atoms with E-state index in [1.165, 1.54) is 10.8 Å². The Morgan fingerprint density at radius 3 is 3.08 bits per heavy atom. The fraction of sp³-hybridized carbons (Fsp3) is 0.250. The zero-order valence-electron chi connectivity index (χ0n) is 6.68. The molecule has 2 N–H and O–H groups in total. The van der Waals surface area contributed by atoms with Crippen LogP contribution in [-0.4, -0.2) is 16.1 Å². The van der Waals surface area contributed by atoms with Gasteiger partial charge in [0.25, 0.3) is 0 Å². The van der Waals surface area contributed by atoms with Crippen LogP contribution in [0.3, 0.4) is 0 Å². The molecule has 0 amide bonds. The molecule has 0 saturated heterocycles. The molecule has 12 heavy (non-hydrogen) atoms. The monoisotopic (exact) mass is 165 g/mol. The first-order chi connectivity index (χ1) is 5.84. The van der Waals surface area contributed by atoms with Gasteiger partial charge in [-0.05, 0) is 6.07 Å². The van der Waals surface area contributed by atoms with Gasteiger partial charge in [0.2, 0.25) is 0 Å². The normalized spacial score (nSPS) is 10.8. The largest absolute Gasteiger partial charge is 0.347 e. The van der Waals surface area contributed by atoms with Gasteiger partial charge in [-0.2, -0.15) is 0 Å². The Morgan fingerprint density at radius 2 is 2.42 bits per heavy atom. The Morgan fingerprint density at radius 1 is 1.58 bits per heavy atom. The average Bonchev–Trinajstić information content (AvgIpc) is 2.09. The summed E-state index contributed by atoms with van der Waals surface area (Å²) in [5.74, 6) is 0. The average molecular weight is 165 g/mol. The van der Waals surface area contributed by atoms with E-state index < -0.39 is 0 Å². The van der Waals surface area contributed by atoms with Crippen LogP contribution in [0.2, 0.25) is 0 Å². The zero-order chi connectivity index (χ0) is 8.81. The molecule has 0 aromatic carbocycles. The fourth-order valence-corrected chi connectivity index (χ4v) is 0.810. The Bertz CT molecular complexity index is 316. The van der Waals surface area contributed by atoms with Gasteiger partial charge in [-0.15, -0.1) is 0 Å². The predicted molar refractivity (Wildman–Crippen MR) is 46.7 cm³/mol. The quantitative estimate of drug-likeness (QED) is 0.629. The number of hydrogen-bond acceptors (Lipinski definition) is 3. The van der Waals surface area contributed by atoms with Gasteiger partial charge >= 0.3 is 5.69 Å². The lowest BCUT2D eigenvalue weighted by Gasteiger charge is -1.97. The van der Waals surface area contributed by atoms with Gasteiger partial charge in [0.15, 0.2) is 0 Å². The summed E-state index contributed by atoms with van der Waals surface area (Å²) in [5, 5.41) is 0. The Hall–Kier alpha value is -1.42. The van der Waals surface area contributed by atoms with E-state index in [4.69, 9.17) is 5.73 Å². The molecule has 0 fully saturated rings. The maximum atomic E-state index is 11.0. The molecule has 0 bridgehead atoms. The van der Waals surface area contributed by atoms with Gasteiger partial charge in [-0.1, -0.05) is 12.2 Å². The van der Waals surface area contributed by atoms with E-state index >= 15 is 0 Å². The SMILES string of the molecule is NCC=CCn1cccnc1=O. The molecule has 4 nitrogen and oxygen atoms in total. The second-order valence-electron chi connectivity index (χ2n) is 2.26. The lowest BCUT2D eigenvalue weighted by Crippen LogP contribution is -2.20. The standard InChI is InChI=1S/C8H11N3O/c9-4-1-2-6-11-7-3-5-10-8(11)12/h1-3,5,7H,4,6,9H2. The Labute approximate surface area is 70.4 Å². The van der Waals surface area contributed by atoms with E-state index in [9.17, 15) is 4.79 Å². The molecule has 0 aliphatic carbocycles. The lowest BCUT2D eigenvalue weighted by molar-refractivity contribution is 0.742. The third-order valence-corrected chi connectivity index (χ3v) is 1.39. The van der Waals surface area contributed by atoms with Gasteiger partial charge in [-0.3, -0.25) is 4.57 Å².